The first-order valence-electron chi connectivity index (χ1n) is 7.99. The molecule has 0 aliphatic carbocycles. The van der Waals surface area contributed by atoms with Crippen LogP contribution in [0.5, 0.6) is 0 Å². The summed E-state index contributed by atoms with van der Waals surface area (Å²) in [6, 6.07) is 4.33. The van der Waals surface area contributed by atoms with Crippen LogP contribution in [-0.4, -0.2) is 52.2 Å². The van der Waals surface area contributed by atoms with Crippen LogP contribution in [0.2, 0.25) is 10.0 Å². The molecule has 12 nitrogen and oxygen atoms in total. The van der Waals surface area contributed by atoms with Crippen molar-refractivity contribution in [1.29, 1.82) is 0 Å². The molecule has 1 aromatic carbocycles. The molecule has 2 amide bonds. The molecule has 0 atom stereocenters. The Morgan fingerprint density at radius 1 is 1.10 bits per heavy atom. The number of halogens is 3. The lowest BCUT2D eigenvalue weighted by molar-refractivity contribution is -0.115. The molecule has 0 saturated heterocycles. The summed E-state index contributed by atoms with van der Waals surface area (Å²) in [5, 5.41) is 14.2. The summed E-state index contributed by atoms with van der Waals surface area (Å²) in [7, 11) is 2.57. The van der Waals surface area contributed by atoms with Gasteiger partial charge < -0.3 is 0 Å². The molecular weight excluding hydrogens is 463 g/mol. The molecule has 0 radical (unpaired) electrons. The number of rotatable bonds is 4. The van der Waals surface area contributed by atoms with Gasteiger partial charge in [0.1, 0.15) is 5.88 Å². The maximum atomic E-state index is 13.1. The Hall–Kier alpha value is -3.09. The van der Waals surface area contributed by atoms with Gasteiger partial charge in [-0.25, -0.2) is 23.6 Å². The average molecular weight is 474 g/mol. The Labute approximate surface area is 182 Å². The van der Waals surface area contributed by atoms with E-state index in [1.165, 1.54) is 32.3 Å². The van der Waals surface area contributed by atoms with Crippen molar-refractivity contribution in [3.8, 4) is 5.69 Å². The molecule has 3 aromatic rings. The zero-order valence-electron chi connectivity index (χ0n) is 15.3. The van der Waals surface area contributed by atoms with E-state index in [0.717, 1.165) is 9.36 Å². The Morgan fingerprint density at radius 3 is 2.27 bits per heavy atom. The molecule has 0 fully saturated rings. The fourth-order valence-electron chi connectivity index (χ4n) is 2.50. The number of aryl methyl sites for hydroxylation is 2. The third-order valence-corrected chi connectivity index (χ3v) is 4.69. The molecule has 15 heteroatoms. The Morgan fingerprint density at radius 2 is 1.73 bits per heavy atom. The standard InChI is InChI=1S/C15H11Cl3N8O4/c1-23-14(19-21-22-23)25(9(27)6-16)12(28)10-13(29)26(15(30)24(2)20-10)11-7(17)4-3-5-8(11)18/h3-5H,6H2,1-2H3. The minimum atomic E-state index is -1.20. The molecule has 0 aliphatic rings. The number of anilines is 1. The smallest absolute Gasteiger partial charge is 0.273 e. The molecule has 3 rings (SSSR count). The van der Waals surface area contributed by atoms with Crippen molar-refractivity contribution >= 4 is 52.6 Å². The molecule has 0 bridgehead atoms. The fraction of sp³-hybridized carbons (Fsp3) is 0.200. The van der Waals surface area contributed by atoms with Crippen molar-refractivity contribution in [1.82, 2.24) is 34.6 Å². The minimum absolute atomic E-state index is 0.0162. The monoisotopic (exact) mass is 472 g/mol. The van der Waals surface area contributed by atoms with Crippen LogP contribution in [0, 0.1) is 0 Å². The lowest BCUT2D eigenvalue weighted by atomic mass is 10.3. The first-order chi connectivity index (χ1) is 14.2. The van der Waals surface area contributed by atoms with E-state index < -0.39 is 34.6 Å². The van der Waals surface area contributed by atoms with Crippen molar-refractivity contribution in [3.63, 3.8) is 0 Å². The van der Waals surface area contributed by atoms with Gasteiger partial charge in [-0.15, -0.1) is 11.6 Å². The van der Waals surface area contributed by atoms with Gasteiger partial charge in [-0.2, -0.15) is 5.10 Å². The third kappa shape index (κ3) is 3.60. The highest BCUT2D eigenvalue weighted by molar-refractivity contribution is 6.37. The van der Waals surface area contributed by atoms with Crippen LogP contribution < -0.4 is 16.1 Å². The van der Waals surface area contributed by atoms with Gasteiger partial charge in [0, 0.05) is 14.1 Å². The Bertz CT molecular complexity index is 1260. The van der Waals surface area contributed by atoms with Crippen molar-refractivity contribution in [2.24, 2.45) is 14.1 Å². The molecule has 0 aliphatic heterocycles. The van der Waals surface area contributed by atoms with E-state index in [4.69, 9.17) is 34.8 Å². The molecule has 0 saturated carbocycles. The van der Waals surface area contributed by atoms with Crippen LogP contribution in [0.15, 0.2) is 27.8 Å². The lowest BCUT2D eigenvalue weighted by Gasteiger charge is -2.18. The fourth-order valence-corrected chi connectivity index (χ4v) is 3.19. The van der Waals surface area contributed by atoms with Crippen LogP contribution >= 0.6 is 34.8 Å². The number of imide groups is 1. The first kappa shape index (κ1) is 21.6. The predicted molar refractivity (Wildman–Crippen MR) is 106 cm³/mol. The quantitative estimate of drug-likeness (QED) is 0.489. The molecule has 156 valence electrons. The number of para-hydroxylation sites is 1. The van der Waals surface area contributed by atoms with E-state index in [-0.39, 0.29) is 21.7 Å². The van der Waals surface area contributed by atoms with Crippen LogP contribution in [0.25, 0.3) is 5.69 Å². The number of tetrazole rings is 1. The Balaban J connectivity index is 2.29. The number of aromatic nitrogens is 7. The number of nitrogens with zero attached hydrogens (tertiary/aromatic N) is 8. The van der Waals surface area contributed by atoms with Crippen molar-refractivity contribution in [2.45, 2.75) is 0 Å². The van der Waals surface area contributed by atoms with Gasteiger partial charge in [-0.3, -0.25) is 14.4 Å². The number of hydrogen-bond acceptors (Lipinski definition) is 8. The summed E-state index contributed by atoms with van der Waals surface area (Å²) < 4.78 is 2.34. The first-order valence-corrected chi connectivity index (χ1v) is 9.28. The number of amides is 2. The molecule has 0 unspecified atom stereocenters. The molecule has 2 heterocycles. The SMILES string of the molecule is Cn1nnnc1N(C(=O)CCl)C(=O)c1nn(C)c(=O)n(-c2c(Cl)cccc2Cl)c1=O. The molecule has 2 aromatic heterocycles. The van der Waals surface area contributed by atoms with Gasteiger partial charge in [-0.05, 0) is 22.6 Å². The van der Waals surface area contributed by atoms with E-state index in [0.29, 0.717) is 9.47 Å². The van der Waals surface area contributed by atoms with E-state index in [9.17, 15) is 19.2 Å². The van der Waals surface area contributed by atoms with Crippen molar-refractivity contribution in [2.75, 3.05) is 10.8 Å². The summed E-state index contributed by atoms with van der Waals surface area (Å²) in [6.45, 7) is 0. The number of hydrogen-bond donors (Lipinski definition) is 0. The van der Waals surface area contributed by atoms with Crippen LogP contribution in [0.4, 0.5) is 5.95 Å². The number of benzene rings is 1. The van der Waals surface area contributed by atoms with Crippen LogP contribution in [0.1, 0.15) is 10.5 Å². The summed E-state index contributed by atoms with van der Waals surface area (Å²) in [4.78, 5) is 51.6. The van der Waals surface area contributed by atoms with Gasteiger partial charge in [0.15, 0.2) is 0 Å². The van der Waals surface area contributed by atoms with Gasteiger partial charge in [0.25, 0.3) is 23.3 Å². The van der Waals surface area contributed by atoms with E-state index in [1.54, 1.807) is 0 Å². The van der Waals surface area contributed by atoms with Crippen molar-refractivity contribution in [3.05, 3.63) is 54.8 Å². The summed E-state index contributed by atoms with van der Waals surface area (Å²) in [6.07, 6.45) is 0. The second kappa shape index (κ2) is 8.34. The second-order valence-corrected chi connectivity index (χ2v) is 6.82. The maximum absolute atomic E-state index is 13.1. The summed E-state index contributed by atoms with van der Waals surface area (Å²) >= 11 is 17.8. The lowest BCUT2D eigenvalue weighted by Crippen LogP contribution is -2.48. The summed E-state index contributed by atoms with van der Waals surface area (Å²) in [5.74, 6) is -3.04. The van der Waals surface area contributed by atoms with Crippen LogP contribution in [-0.2, 0) is 18.9 Å². The highest BCUT2D eigenvalue weighted by Crippen LogP contribution is 2.26. The summed E-state index contributed by atoms with van der Waals surface area (Å²) in [5.41, 5.74) is -2.99. The third-order valence-electron chi connectivity index (χ3n) is 3.85. The predicted octanol–water partition coefficient (Wildman–Crippen LogP) is 0.174. The second-order valence-electron chi connectivity index (χ2n) is 5.74. The van der Waals surface area contributed by atoms with Gasteiger partial charge in [0.2, 0.25) is 5.69 Å². The highest BCUT2D eigenvalue weighted by Gasteiger charge is 2.33. The van der Waals surface area contributed by atoms with Crippen LogP contribution in [0.3, 0.4) is 0 Å². The molecular formula is C15H11Cl3N8O4. The minimum Gasteiger partial charge on any atom is -0.273 e. The molecule has 30 heavy (non-hydrogen) atoms. The zero-order valence-corrected chi connectivity index (χ0v) is 17.6. The normalized spacial score (nSPS) is 10.8. The van der Waals surface area contributed by atoms with E-state index >= 15 is 0 Å². The van der Waals surface area contributed by atoms with Gasteiger partial charge >= 0.3 is 5.69 Å². The molecule has 0 N–H and O–H groups in total. The Kier molecular flexibility index (Phi) is 6.01. The number of alkyl halides is 1. The van der Waals surface area contributed by atoms with Gasteiger partial charge in [0.05, 0.1) is 15.7 Å². The van der Waals surface area contributed by atoms with Crippen molar-refractivity contribution < 1.29 is 9.59 Å². The zero-order chi connectivity index (χ0) is 22.2. The molecule has 0 spiro atoms. The largest absolute Gasteiger partial charge is 0.351 e. The average Bonchev–Trinajstić information content (AvgIpc) is 3.12. The number of carbonyl (C=O) groups is 2. The maximum Gasteiger partial charge on any atom is 0.351 e. The highest BCUT2D eigenvalue weighted by atomic mass is 35.5. The van der Waals surface area contributed by atoms with E-state index in [1.807, 2.05) is 0 Å². The topological polar surface area (TPSA) is 138 Å². The number of carbonyl (C=O) groups excluding carboxylic acids is 2. The van der Waals surface area contributed by atoms with E-state index in [2.05, 4.69) is 20.6 Å². The van der Waals surface area contributed by atoms with Gasteiger partial charge in [-0.1, -0.05) is 34.4 Å².